The molecule has 0 aromatic heterocycles. The first kappa shape index (κ1) is 12.4. The molecule has 1 amide bonds. The van der Waals surface area contributed by atoms with E-state index >= 15 is 0 Å². The summed E-state index contributed by atoms with van der Waals surface area (Å²) in [5.74, 6) is 0. The molecule has 1 aromatic rings. The molecular weight excluding hydrogens is 244 g/mol. The minimum atomic E-state index is -0.828. The zero-order chi connectivity index (χ0) is 13.3. The van der Waals surface area contributed by atoms with E-state index in [2.05, 4.69) is 17.0 Å². The van der Waals surface area contributed by atoms with E-state index in [4.69, 9.17) is 9.84 Å². The molecule has 0 atom stereocenters. The number of nitrogens with zero attached hydrogens (tertiary/aromatic N) is 2. The van der Waals surface area contributed by atoms with Gasteiger partial charge in [-0.05, 0) is 5.56 Å². The van der Waals surface area contributed by atoms with Gasteiger partial charge in [0.1, 0.15) is 0 Å². The van der Waals surface area contributed by atoms with Crippen LogP contribution in [0.1, 0.15) is 5.56 Å². The Morgan fingerprint density at radius 2 is 2.00 bits per heavy atom. The molecule has 2 heterocycles. The van der Waals surface area contributed by atoms with Gasteiger partial charge in [0.2, 0.25) is 0 Å². The first-order valence-electron chi connectivity index (χ1n) is 6.54. The van der Waals surface area contributed by atoms with E-state index in [9.17, 15) is 4.79 Å². The number of carbonyl (C=O) groups is 1. The van der Waals surface area contributed by atoms with Crippen LogP contribution in [0.3, 0.4) is 0 Å². The smallest absolute Gasteiger partial charge is 0.407 e. The van der Waals surface area contributed by atoms with E-state index < -0.39 is 6.09 Å². The van der Waals surface area contributed by atoms with E-state index in [1.54, 1.807) is 0 Å². The topological polar surface area (TPSA) is 53.0 Å². The third-order valence-electron chi connectivity index (χ3n) is 4.02. The fourth-order valence-electron chi connectivity index (χ4n) is 2.84. The average Bonchev–Trinajstić information content (AvgIpc) is 2.38. The summed E-state index contributed by atoms with van der Waals surface area (Å²) in [6.45, 7) is 4.01. The molecule has 0 saturated carbocycles. The lowest BCUT2D eigenvalue weighted by atomic mass is 9.91. The fraction of sp³-hybridized carbons (Fsp3) is 0.500. The number of carboxylic acid groups (broad SMARTS) is 1. The van der Waals surface area contributed by atoms with Crippen LogP contribution in [-0.2, 0) is 11.3 Å². The molecule has 5 heteroatoms. The van der Waals surface area contributed by atoms with Gasteiger partial charge in [0, 0.05) is 26.2 Å². The normalized spacial score (nSPS) is 22.2. The van der Waals surface area contributed by atoms with Gasteiger partial charge in [-0.25, -0.2) is 4.79 Å². The maximum Gasteiger partial charge on any atom is 0.407 e. The first-order valence-corrected chi connectivity index (χ1v) is 6.54. The molecule has 2 fully saturated rings. The van der Waals surface area contributed by atoms with Crippen molar-refractivity contribution in [2.75, 3.05) is 32.8 Å². The van der Waals surface area contributed by atoms with Crippen molar-refractivity contribution >= 4 is 6.09 Å². The van der Waals surface area contributed by atoms with Crippen molar-refractivity contribution in [3.63, 3.8) is 0 Å². The van der Waals surface area contributed by atoms with Crippen molar-refractivity contribution in [3.8, 4) is 0 Å². The maximum atomic E-state index is 11.1. The highest BCUT2D eigenvalue weighted by Gasteiger charge is 2.48. The Morgan fingerprint density at radius 3 is 2.58 bits per heavy atom. The molecule has 1 aromatic carbocycles. The van der Waals surface area contributed by atoms with Crippen LogP contribution >= 0.6 is 0 Å². The second-order valence-corrected chi connectivity index (χ2v) is 5.33. The minimum absolute atomic E-state index is 0.119. The minimum Gasteiger partial charge on any atom is -0.465 e. The monoisotopic (exact) mass is 262 g/mol. The van der Waals surface area contributed by atoms with Gasteiger partial charge in [-0.1, -0.05) is 30.3 Å². The third kappa shape index (κ3) is 2.31. The van der Waals surface area contributed by atoms with Crippen LogP contribution in [0.5, 0.6) is 0 Å². The van der Waals surface area contributed by atoms with Gasteiger partial charge < -0.3 is 14.7 Å². The molecule has 0 unspecified atom stereocenters. The maximum absolute atomic E-state index is 11.1. The molecule has 19 heavy (non-hydrogen) atoms. The van der Waals surface area contributed by atoms with Crippen molar-refractivity contribution in [1.82, 2.24) is 9.80 Å². The Balaban J connectivity index is 1.73. The zero-order valence-electron chi connectivity index (χ0n) is 10.8. The molecular formula is C14H18N2O3. The fourth-order valence-corrected chi connectivity index (χ4v) is 2.84. The Hall–Kier alpha value is -1.59. The van der Waals surface area contributed by atoms with Crippen molar-refractivity contribution < 1.29 is 14.6 Å². The highest BCUT2D eigenvalue weighted by molar-refractivity contribution is 5.65. The number of amides is 1. The van der Waals surface area contributed by atoms with Crippen molar-refractivity contribution in [2.24, 2.45) is 0 Å². The van der Waals surface area contributed by atoms with Gasteiger partial charge in [0.15, 0.2) is 0 Å². The van der Waals surface area contributed by atoms with Crippen LogP contribution in [0.25, 0.3) is 0 Å². The number of hydrogen-bond donors (Lipinski definition) is 1. The molecule has 1 spiro atoms. The molecule has 2 aliphatic heterocycles. The standard InChI is InChI=1S/C14H18N2O3/c17-13(18)15-6-7-16(14(9-15)10-19-11-14)8-12-4-2-1-3-5-12/h1-5H,6-11H2,(H,17,18). The summed E-state index contributed by atoms with van der Waals surface area (Å²) in [6, 6.07) is 10.3. The second-order valence-electron chi connectivity index (χ2n) is 5.33. The number of rotatable bonds is 2. The number of piperazine rings is 1. The quantitative estimate of drug-likeness (QED) is 0.871. The molecule has 3 rings (SSSR count). The lowest BCUT2D eigenvalue weighted by molar-refractivity contribution is -0.168. The van der Waals surface area contributed by atoms with Crippen LogP contribution in [0, 0.1) is 0 Å². The molecule has 2 aliphatic rings. The van der Waals surface area contributed by atoms with Crippen molar-refractivity contribution in [1.29, 1.82) is 0 Å². The summed E-state index contributed by atoms with van der Waals surface area (Å²) in [5.41, 5.74) is 1.14. The van der Waals surface area contributed by atoms with Gasteiger partial charge in [-0.15, -0.1) is 0 Å². The van der Waals surface area contributed by atoms with Crippen LogP contribution in [0.4, 0.5) is 4.79 Å². The predicted molar refractivity (Wildman–Crippen MR) is 70.0 cm³/mol. The summed E-state index contributed by atoms with van der Waals surface area (Å²) < 4.78 is 5.35. The zero-order valence-corrected chi connectivity index (χ0v) is 10.8. The molecule has 1 N–H and O–H groups in total. The Labute approximate surface area is 112 Å². The SMILES string of the molecule is O=C(O)N1CCN(Cc2ccccc2)C2(COC2)C1. The summed E-state index contributed by atoms with van der Waals surface area (Å²) in [5, 5.41) is 9.13. The van der Waals surface area contributed by atoms with Crippen molar-refractivity contribution in [3.05, 3.63) is 35.9 Å². The molecule has 0 bridgehead atoms. The molecule has 102 valence electrons. The van der Waals surface area contributed by atoms with Crippen LogP contribution < -0.4 is 0 Å². The highest BCUT2D eigenvalue weighted by atomic mass is 16.5. The molecule has 5 nitrogen and oxygen atoms in total. The van der Waals surface area contributed by atoms with Gasteiger partial charge in [0.05, 0.1) is 18.8 Å². The summed E-state index contributed by atoms with van der Waals surface area (Å²) >= 11 is 0. The van der Waals surface area contributed by atoms with Crippen LogP contribution in [-0.4, -0.2) is 59.4 Å². The van der Waals surface area contributed by atoms with E-state index in [1.807, 2.05) is 18.2 Å². The first-order chi connectivity index (χ1) is 9.20. The van der Waals surface area contributed by atoms with Gasteiger partial charge >= 0.3 is 6.09 Å². The van der Waals surface area contributed by atoms with Gasteiger partial charge in [-0.3, -0.25) is 4.90 Å². The molecule has 0 radical (unpaired) electrons. The Morgan fingerprint density at radius 1 is 1.26 bits per heavy atom. The van der Waals surface area contributed by atoms with Gasteiger partial charge in [0.25, 0.3) is 0 Å². The number of hydrogen-bond acceptors (Lipinski definition) is 3. The predicted octanol–water partition coefficient (Wildman–Crippen LogP) is 1.25. The molecule has 2 saturated heterocycles. The summed E-state index contributed by atoms with van der Waals surface area (Å²) in [6.07, 6.45) is -0.828. The Bertz CT molecular complexity index is 459. The number of ether oxygens (including phenoxy) is 1. The summed E-state index contributed by atoms with van der Waals surface area (Å²) in [4.78, 5) is 15.0. The Kier molecular flexibility index (Phi) is 3.16. The third-order valence-corrected chi connectivity index (χ3v) is 4.02. The van der Waals surface area contributed by atoms with E-state index in [1.165, 1.54) is 10.5 Å². The van der Waals surface area contributed by atoms with Crippen LogP contribution in [0.2, 0.25) is 0 Å². The largest absolute Gasteiger partial charge is 0.465 e. The highest BCUT2D eigenvalue weighted by Crippen LogP contribution is 2.30. The lowest BCUT2D eigenvalue weighted by Crippen LogP contribution is -2.71. The van der Waals surface area contributed by atoms with Crippen LogP contribution in [0.15, 0.2) is 30.3 Å². The molecule has 0 aliphatic carbocycles. The van der Waals surface area contributed by atoms with E-state index in [0.717, 1.165) is 13.1 Å². The van der Waals surface area contributed by atoms with Crippen molar-refractivity contribution in [2.45, 2.75) is 12.1 Å². The average molecular weight is 262 g/mol. The lowest BCUT2D eigenvalue weighted by Gasteiger charge is -2.54. The van der Waals surface area contributed by atoms with Gasteiger partial charge in [-0.2, -0.15) is 0 Å². The van der Waals surface area contributed by atoms with E-state index in [-0.39, 0.29) is 5.54 Å². The summed E-state index contributed by atoms with van der Waals surface area (Å²) in [7, 11) is 0. The second kappa shape index (κ2) is 4.83. The van der Waals surface area contributed by atoms with E-state index in [0.29, 0.717) is 26.3 Å². The number of benzene rings is 1.